The number of rotatable bonds is 9. The van der Waals surface area contributed by atoms with Crippen LogP contribution in [0.3, 0.4) is 0 Å². The number of carboxylic acid groups (broad SMARTS) is 1. The van der Waals surface area contributed by atoms with E-state index in [-0.39, 0.29) is 18.4 Å². The SMILES string of the molecule is CC(CCNc1ncc(-c2ccc(N3CCN(C(=O)O)CC3)cc2)cn1)CC(=O)NCC#N. The Balaban J connectivity index is 1.45. The molecule has 3 N–H and O–H groups in total. The summed E-state index contributed by atoms with van der Waals surface area (Å²) in [5.41, 5.74) is 2.98. The topological polar surface area (TPSA) is 134 Å². The molecule has 2 heterocycles. The summed E-state index contributed by atoms with van der Waals surface area (Å²) in [5, 5.41) is 23.3. The molecular formula is C23H29N7O3. The Kier molecular flexibility index (Phi) is 8.41. The minimum Gasteiger partial charge on any atom is -0.465 e. The van der Waals surface area contributed by atoms with Crippen molar-refractivity contribution in [2.24, 2.45) is 5.92 Å². The van der Waals surface area contributed by atoms with Gasteiger partial charge in [0, 0.05) is 62.8 Å². The lowest BCUT2D eigenvalue weighted by Gasteiger charge is -2.34. The molecule has 2 amide bonds. The van der Waals surface area contributed by atoms with Crippen molar-refractivity contribution in [3.63, 3.8) is 0 Å². The molecule has 2 aromatic rings. The second-order valence-corrected chi connectivity index (χ2v) is 8.06. The summed E-state index contributed by atoms with van der Waals surface area (Å²) in [6, 6.07) is 10.00. The predicted molar refractivity (Wildman–Crippen MR) is 125 cm³/mol. The van der Waals surface area contributed by atoms with Crippen molar-refractivity contribution in [1.29, 1.82) is 5.26 Å². The predicted octanol–water partition coefficient (Wildman–Crippen LogP) is 2.41. The number of anilines is 2. The molecule has 0 spiro atoms. The van der Waals surface area contributed by atoms with E-state index in [0.717, 1.165) is 23.2 Å². The highest BCUT2D eigenvalue weighted by Gasteiger charge is 2.20. The van der Waals surface area contributed by atoms with E-state index in [1.54, 1.807) is 12.4 Å². The molecule has 174 valence electrons. The van der Waals surface area contributed by atoms with Gasteiger partial charge in [0.1, 0.15) is 6.54 Å². The standard InChI is InChI=1S/C23H29N7O3/c1-17(14-21(31)25-9-7-24)6-8-26-22-27-15-19(16-28-22)18-2-4-20(5-3-18)29-10-12-30(13-11-29)23(32)33/h2-5,15-17H,6,8-14H2,1H3,(H,25,31)(H,32,33)(H,26,27,28). The van der Waals surface area contributed by atoms with E-state index in [0.29, 0.717) is 45.1 Å². The Morgan fingerprint density at radius 2 is 1.79 bits per heavy atom. The quantitative estimate of drug-likeness (QED) is 0.495. The second kappa shape index (κ2) is 11.7. The fourth-order valence-corrected chi connectivity index (χ4v) is 3.65. The van der Waals surface area contributed by atoms with Gasteiger partial charge in [0.2, 0.25) is 11.9 Å². The van der Waals surface area contributed by atoms with E-state index in [9.17, 15) is 9.59 Å². The molecular weight excluding hydrogens is 422 g/mol. The van der Waals surface area contributed by atoms with E-state index in [4.69, 9.17) is 10.4 Å². The lowest BCUT2D eigenvalue weighted by atomic mass is 10.0. The number of aromatic nitrogens is 2. The summed E-state index contributed by atoms with van der Waals surface area (Å²) < 4.78 is 0. The normalized spacial score (nSPS) is 14.3. The fraction of sp³-hybridized carbons (Fsp3) is 0.435. The molecule has 1 atom stereocenters. The fourth-order valence-electron chi connectivity index (χ4n) is 3.65. The maximum atomic E-state index is 11.6. The third kappa shape index (κ3) is 7.07. The zero-order valence-electron chi connectivity index (χ0n) is 18.7. The van der Waals surface area contributed by atoms with Gasteiger partial charge in [-0.05, 0) is 30.0 Å². The van der Waals surface area contributed by atoms with Gasteiger partial charge >= 0.3 is 6.09 Å². The molecule has 1 unspecified atom stereocenters. The summed E-state index contributed by atoms with van der Waals surface area (Å²) in [4.78, 5) is 35.1. The van der Waals surface area contributed by atoms with Gasteiger partial charge in [0.05, 0.1) is 6.07 Å². The summed E-state index contributed by atoms with van der Waals surface area (Å²) in [6.07, 6.45) is 3.85. The number of benzene rings is 1. The molecule has 1 fully saturated rings. The van der Waals surface area contributed by atoms with Crippen LogP contribution in [0, 0.1) is 17.2 Å². The van der Waals surface area contributed by atoms with Crippen LogP contribution in [0.25, 0.3) is 11.1 Å². The molecule has 1 aliphatic rings. The van der Waals surface area contributed by atoms with Crippen LogP contribution < -0.4 is 15.5 Å². The number of carbonyl (C=O) groups excluding carboxylic acids is 1. The number of nitriles is 1. The van der Waals surface area contributed by atoms with Crippen molar-refractivity contribution in [2.75, 3.05) is 49.5 Å². The Morgan fingerprint density at radius 3 is 2.39 bits per heavy atom. The first-order chi connectivity index (χ1) is 16.0. The van der Waals surface area contributed by atoms with E-state index in [2.05, 4.69) is 25.5 Å². The number of nitrogens with one attached hydrogen (secondary N) is 2. The highest BCUT2D eigenvalue weighted by Crippen LogP contribution is 2.23. The first-order valence-electron chi connectivity index (χ1n) is 11.0. The summed E-state index contributed by atoms with van der Waals surface area (Å²) in [7, 11) is 0. The Labute approximate surface area is 193 Å². The molecule has 3 rings (SSSR count). The monoisotopic (exact) mass is 451 g/mol. The molecule has 10 heteroatoms. The van der Waals surface area contributed by atoms with Gasteiger partial charge in [0.25, 0.3) is 0 Å². The van der Waals surface area contributed by atoms with Gasteiger partial charge in [-0.15, -0.1) is 0 Å². The van der Waals surface area contributed by atoms with Crippen LogP contribution in [-0.2, 0) is 4.79 Å². The van der Waals surface area contributed by atoms with Gasteiger partial charge < -0.3 is 25.5 Å². The van der Waals surface area contributed by atoms with Crippen LogP contribution in [0.15, 0.2) is 36.7 Å². The zero-order chi connectivity index (χ0) is 23.6. The second-order valence-electron chi connectivity index (χ2n) is 8.06. The third-order valence-corrected chi connectivity index (χ3v) is 5.59. The highest BCUT2D eigenvalue weighted by molar-refractivity contribution is 5.76. The minimum absolute atomic E-state index is 0.0382. The minimum atomic E-state index is -0.864. The maximum absolute atomic E-state index is 11.6. The number of hydrogen-bond donors (Lipinski definition) is 3. The summed E-state index contributed by atoms with van der Waals surface area (Å²) in [5.74, 6) is 0.604. The van der Waals surface area contributed by atoms with Crippen LogP contribution in [-0.4, -0.2) is 71.2 Å². The maximum Gasteiger partial charge on any atom is 0.407 e. The van der Waals surface area contributed by atoms with Gasteiger partial charge in [-0.2, -0.15) is 5.26 Å². The summed E-state index contributed by atoms with van der Waals surface area (Å²) >= 11 is 0. The molecule has 1 aromatic carbocycles. The average molecular weight is 452 g/mol. The first kappa shape index (κ1) is 23.8. The molecule has 1 saturated heterocycles. The number of piperazine rings is 1. The number of amides is 2. The van der Waals surface area contributed by atoms with Crippen molar-refractivity contribution in [3.8, 4) is 17.2 Å². The van der Waals surface area contributed by atoms with Gasteiger partial charge in [-0.25, -0.2) is 14.8 Å². The van der Waals surface area contributed by atoms with Crippen molar-refractivity contribution in [2.45, 2.75) is 19.8 Å². The molecule has 1 aromatic heterocycles. The van der Waals surface area contributed by atoms with Gasteiger partial charge in [-0.1, -0.05) is 19.1 Å². The Bertz CT molecular complexity index is 965. The van der Waals surface area contributed by atoms with Crippen LogP contribution in [0.4, 0.5) is 16.4 Å². The Hall–Kier alpha value is -3.87. The molecule has 0 saturated carbocycles. The molecule has 0 radical (unpaired) electrons. The van der Waals surface area contributed by atoms with Crippen molar-refractivity contribution in [3.05, 3.63) is 36.7 Å². The number of nitrogens with zero attached hydrogens (tertiary/aromatic N) is 5. The van der Waals surface area contributed by atoms with E-state index >= 15 is 0 Å². The first-order valence-corrected chi connectivity index (χ1v) is 11.0. The smallest absolute Gasteiger partial charge is 0.407 e. The van der Waals surface area contributed by atoms with Crippen molar-refractivity contribution < 1.29 is 14.7 Å². The number of hydrogen-bond acceptors (Lipinski definition) is 7. The molecule has 0 bridgehead atoms. The molecule has 10 nitrogen and oxygen atoms in total. The van der Waals surface area contributed by atoms with Crippen LogP contribution in [0.2, 0.25) is 0 Å². The van der Waals surface area contributed by atoms with Crippen LogP contribution >= 0.6 is 0 Å². The summed E-state index contributed by atoms with van der Waals surface area (Å²) in [6.45, 7) is 5.05. The van der Waals surface area contributed by atoms with Gasteiger partial charge in [-0.3, -0.25) is 4.79 Å². The third-order valence-electron chi connectivity index (χ3n) is 5.59. The lowest BCUT2D eigenvalue weighted by Crippen LogP contribution is -2.48. The molecule has 33 heavy (non-hydrogen) atoms. The van der Waals surface area contributed by atoms with E-state index < -0.39 is 6.09 Å². The average Bonchev–Trinajstić information content (AvgIpc) is 2.83. The number of carbonyl (C=O) groups is 2. The van der Waals surface area contributed by atoms with Crippen molar-refractivity contribution >= 4 is 23.6 Å². The lowest BCUT2D eigenvalue weighted by molar-refractivity contribution is -0.121. The van der Waals surface area contributed by atoms with E-state index in [1.165, 1.54) is 4.90 Å². The largest absolute Gasteiger partial charge is 0.465 e. The van der Waals surface area contributed by atoms with Gasteiger partial charge in [0.15, 0.2) is 0 Å². The van der Waals surface area contributed by atoms with Crippen LogP contribution in [0.5, 0.6) is 0 Å². The zero-order valence-corrected chi connectivity index (χ0v) is 18.7. The highest BCUT2D eigenvalue weighted by atomic mass is 16.4. The van der Waals surface area contributed by atoms with E-state index in [1.807, 2.05) is 37.3 Å². The van der Waals surface area contributed by atoms with Crippen molar-refractivity contribution in [1.82, 2.24) is 20.2 Å². The molecule has 1 aliphatic heterocycles. The Morgan fingerprint density at radius 1 is 1.12 bits per heavy atom. The molecule has 0 aliphatic carbocycles. The van der Waals surface area contributed by atoms with Crippen LogP contribution in [0.1, 0.15) is 19.8 Å².